The van der Waals surface area contributed by atoms with E-state index >= 15 is 0 Å². The lowest BCUT2D eigenvalue weighted by Crippen LogP contribution is -2.27. The van der Waals surface area contributed by atoms with E-state index in [1.54, 1.807) is 13.0 Å². The van der Waals surface area contributed by atoms with Gasteiger partial charge < -0.3 is 20.3 Å². The van der Waals surface area contributed by atoms with Gasteiger partial charge in [-0.1, -0.05) is 0 Å². The van der Waals surface area contributed by atoms with E-state index in [1.165, 1.54) is 19.2 Å². The zero-order chi connectivity index (χ0) is 11.4. The number of methoxy groups -OCH3 is 1. The van der Waals surface area contributed by atoms with E-state index in [4.69, 9.17) is 5.11 Å². The second kappa shape index (κ2) is 4.54. The summed E-state index contributed by atoms with van der Waals surface area (Å²) >= 11 is 0. The largest absolute Gasteiger partial charge is 0.504 e. The number of carbonyl (C=O) groups excluding carboxylic acids is 1. The van der Waals surface area contributed by atoms with E-state index in [9.17, 15) is 9.90 Å². The van der Waals surface area contributed by atoms with Gasteiger partial charge in [0.05, 0.1) is 7.11 Å². The number of esters is 1. The summed E-state index contributed by atoms with van der Waals surface area (Å²) in [6.07, 6.45) is 0. The number of phenolic OH excluding ortho intramolecular Hbond substituents is 2. The van der Waals surface area contributed by atoms with Crippen LogP contribution in [0.5, 0.6) is 11.5 Å². The molecule has 1 aromatic carbocycles. The van der Waals surface area contributed by atoms with Gasteiger partial charge >= 0.3 is 5.97 Å². The number of hydrogen-bond acceptors (Lipinski definition) is 5. The number of nitrogens with one attached hydrogen (secondary N) is 1. The lowest BCUT2D eigenvalue weighted by atomic mass is 10.2. The van der Waals surface area contributed by atoms with Gasteiger partial charge in [-0.3, -0.25) is 0 Å². The molecule has 0 saturated carbocycles. The van der Waals surface area contributed by atoms with Crippen molar-refractivity contribution in [3.63, 3.8) is 0 Å². The highest BCUT2D eigenvalue weighted by molar-refractivity contribution is 5.78. The Bertz CT molecular complexity index is 364. The zero-order valence-electron chi connectivity index (χ0n) is 8.52. The maximum atomic E-state index is 11.1. The molecule has 5 nitrogen and oxygen atoms in total. The summed E-state index contributed by atoms with van der Waals surface area (Å²) in [5, 5.41) is 21.1. The first kappa shape index (κ1) is 11.2. The second-order valence-electron chi connectivity index (χ2n) is 3.09. The number of ether oxygens (including phenoxy) is 1. The summed E-state index contributed by atoms with van der Waals surface area (Å²) in [5.41, 5.74) is 0.531. The summed E-state index contributed by atoms with van der Waals surface area (Å²) < 4.78 is 4.52. The molecular formula is C10H13NO4. The SMILES string of the molecule is COC(=O)[C@@H](C)Nc1ccc(O)c(O)c1. The summed E-state index contributed by atoms with van der Waals surface area (Å²) in [6, 6.07) is 3.70. The molecule has 1 aromatic rings. The van der Waals surface area contributed by atoms with Crippen LogP contribution in [0.25, 0.3) is 0 Å². The van der Waals surface area contributed by atoms with Crippen LogP contribution in [-0.2, 0) is 9.53 Å². The van der Waals surface area contributed by atoms with Crippen molar-refractivity contribution in [2.45, 2.75) is 13.0 Å². The van der Waals surface area contributed by atoms with Crippen molar-refractivity contribution in [3.05, 3.63) is 18.2 Å². The lowest BCUT2D eigenvalue weighted by Gasteiger charge is -2.13. The highest BCUT2D eigenvalue weighted by atomic mass is 16.5. The Morgan fingerprint density at radius 1 is 1.40 bits per heavy atom. The van der Waals surface area contributed by atoms with Crippen molar-refractivity contribution in [1.29, 1.82) is 0 Å². The first-order chi connectivity index (χ1) is 7.04. The van der Waals surface area contributed by atoms with Gasteiger partial charge in [0.25, 0.3) is 0 Å². The molecule has 15 heavy (non-hydrogen) atoms. The third kappa shape index (κ3) is 2.77. The molecule has 0 bridgehead atoms. The van der Waals surface area contributed by atoms with Crippen LogP contribution >= 0.6 is 0 Å². The molecule has 0 spiro atoms. The van der Waals surface area contributed by atoms with E-state index in [2.05, 4.69) is 10.1 Å². The summed E-state index contributed by atoms with van der Waals surface area (Å²) in [6.45, 7) is 1.63. The van der Waals surface area contributed by atoms with Gasteiger partial charge in [-0.05, 0) is 19.1 Å². The fourth-order valence-corrected chi connectivity index (χ4v) is 1.10. The number of aromatic hydroxyl groups is 2. The van der Waals surface area contributed by atoms with Gasteiger partial charge in [-0.25, -0.2) is 4.79 Å². The summed E-state index contributed by atoms with van der Waals surface area (Å²) in [5.74, 6) is -0.842. The minimum atomic E-state index is -0.515. The molecule has 0 heterocycles. The standard InChI is InChI=1S/C10H13NO4/c1-6(10(14)15-2)11-7-3-4-8(12)9(13)5-7/h3-6,11-13H,1-2H3/t6-/m1/s1. The van der Waals surface area contributed by atoms with Crippen molar-refractivity contribution in [2.24, 2.45) is 0 Å². The van der Waals surface area contributed by atoms with Crippen LogP contribution in [0.3, 0.4) is 0 Å². The van der Waals surface area contributed by atoms with E-state index in [1.807, 2.05) is 0 Å². The van der Waals surface area contributed by atoms with Gasteiger partial charge in [-0.2, -0.15) is 0 Å². The topological polar surface area (TPSA) is 78.8 Å². The molecule has 0 aliphatic heterocycles. The predicted molar refractivity (Wildman–Crippen MR) is 54.9 cm³/mol. The van der Waals surface area contributed by atoms with Crippen LogP contribution in [0.4, 0.5) is 5.69 Å². The highest BCUT2D eigenvalue weighted by Gasteiger charge is 2.12. The molecule has 5 heteroatoms. The van der Waals surface area contributed by atoms with Gasteiger partial charge in [-0.15, -0.1) is 0 Å². The second-order valence-corrected chi connectivity index (χ2v) is 3.09. The molecular weight excluding hydrogens is 198 g/mol. The smallest absolute Gasteiger partial charge is 0.327 e. The Morgan fingerprint density at radius 2 is 2.07 bits per heavy atom. The molecule has 0 saturated heterocycles. The number of hydrogen-bond donors (Lipinski definition) is 3. The Morgan fingerprint density at radius 3 is 2.60 bits per heavy atom. The maximum Gasteiger partial charge on any atom is 0.327 e. The minimum absolute atomic E-state index is 0.203. The number of carbonyl (C=O) groups is 1. The number of benzene rings is 1. The third-order valence-electron chi connectivity index (χ3n) is 1.91. The van der Waals surface area contributed by atoms with Crippen molar-refractivity contribution in [1.82, 2.24) is 0 Å². The highest BCUT2D eigenvalue weighted by Crippen LogP contribution is 2.27. The average Bonchev–Trinajstić information content (AvgIpc) is 2.22. The Balaban J connectivity index is 2.73. The molecule has 0 aromatic heterocycles. The van der Waals surface area contributed by atoms with E-state index in [0.29, 0.717) is 5.69 Å². The van der Waals surface area contributed by atoms with E-state index in [-0.39, 0.29) is 11.5 Å². The Labute approximate surface area is 87.3 Å². The summed E-state index contributed by atoms with van der Waals surface area (Å²) in [7, 11) is 1.30. The van der Waals surface area contributed by atoms with Gasteiger partial charge in [0.2, 0.25) is 0 Å². The predicted octanol–water partition coefficient (Wildman–Crippen LogP) is 1.07. The fraction of sp³-hybridized carbons (Fsp3) is 0.300. The van der Waals surface area contributed by atoms with Crippen molar-refractivity contribution >= 4 is 11.7 Å². The van der Waals surface area contributed by atoms with Crippen molar-refractivity contribution in [3.8, 4) is 11.5 Å². The van der Waals surface area contributed by atoms with Crippen LogP contribution in [0.2, 0.25) is 0 Å². The molecule has 0 amide bonds. The molecule has 0 fully saturated rings. The quantitative estimate of drug-likeness (QED) is 0.396. The van der Waals surface area contributed by atoms with Crippen molar-refractivity contribution in [2.75, 3.05) is 12.4 Å². The van der Waals surface area contributed by atoms with Crippen LogP contribution in [0, 0.1) is 0 Å². The molecule has 1 rings (SSSR count). The first-order valence-electron chi connectivity index (χ1n) is 4.41. The molecule has 1 atom stereocenters. The lowest BCUT2D eigenvalue weighted by molar-refractivity contribution is -0.141. The zero-order valence-corrected chi connectivity index (χ0v) is 8.52. The van der Waals surface area contributed by atoms with E-state index < -0.39 is 12.0 Å². The summed E-state index contributed by atoms with van der Waals surface area (Å²) in [4.78, 5) is 11.1. The Hall–Kier alpha value is -1.91. The Kier molecular flexibility index (Phi) is 3.38. The van der Waals surface area contributed by atoms with Crippen LogP contribution < -0.4 is 5.32 Å². The van der Waals surface area contributed by atoms with E-state index in [0.717, 1.165) is 0 Å². The molecule has 82 valence electrons. The van der Waals surface area contributed by atoms with Gasteiger partial charge in [0.15, 0.2) is 11.5 Å². The van der Waals surface area contributed by atoms with Crippen LogP contribution in [0.15, 0.2) is 18.2 Å². The molecule has 0 aliphatic rings. The fourth-order valence-electron chi connectivity index (χ4n) is 1.10. The van der Waals surface area contributed by atoms with Crippen LogP contribution in [0.1, 0.15) is 6.92 Å². The van der Waals surface area contributed by atoms with Crippen molar-refractivity contribution < 1.29 is 19.7 Å². The third-order valence-corrected chi connectivity index (χ3v) is 1.91. The minimum Gasteiger partial charge on any atom is -0.504 e. The molecule has 0 aliphatic carbocycles. The first-order valence-corrected chi connectivity index (χ1v) is 4.41. The number of phenols is 2. The number of rotatable bonds is 3. The maximum absolute atomic E-state index is 11.1. The van der Waals surface area contributed by atoms with Gasteiger partial charge in [0, 0.05) is 11.8 Å². The normalized spacial score (nSPS) is 11.9. The number of anilines is 1. The molecule has 3 N–H and O–H groups in total. The molecule has 0 radical (unpaired) electrons. The monoisotopic (exact) mass is 211 g/mol. The van der Waals surface area contributed by atoms with Crippen LogP contribution in [-0.4, -0.2) is 29.3 Å². The van der Waals surface area contributed by atoms with Gasteiger partial charge in [0.1, 0.15) is 6.04 Å². The molecule has 0 unspecified atom stereocenters. The average molecular weight is 211 g/mol.